The normalized spacial score (nSPS) is 15.8. The number of hydrogen-bond donors (Lipinski definition) is 0. The molecule has 2 saturated carbocycles. The molecule has 3 aromatic carbocycles. The molecule has 2 aliphatic rings. The molecule has 0 unspecified atom stereocenters. The number of fused-ring (bicyclic) bond motifs is 1. The van der Waals surface area contributed by atoms with Gasteiger partial charge < -0.3 is 14.0 Å². The molecule has 4 aromatic rings. The molecule has 0 spiro atoms. The Morgan fingerprint density at radius 2 is 1.62 bits per heavy atom. The Hall–Kier alpha value is -4.26. The van der Waals surface area contributed by atoms with Gasteiger partial charge >= 0.3 is 11.9 Å². The van der Waals surface area contributed by atoms with Crippen molar-refractivity contribution in [2.45, 2.75) is 50.2 Å². The van der Waals surface area contributed by atoms with E-state index < -0.39 is 34.7 Å². The highest BCUT2D eigenvalue weighted by molar-refractivity contribution is 5.95. The highest BCUT2D eigenvalue weighted by Gasteiger charge is 2.55. The zero-order valence-corrected chi connectivity index (χ0v) is 21.6. The van der Waals surface area contributed by atoms with Gasteiger partial charge in [0, 0.05) is 23.2 Å². The molecule has 6 rings (SSSR count). The zero-order valence-electron chi connectivity index (χ0n) is 21.6. The predicted octanol–water partition coefficient (Wildman–Crippen LogP) is 6.02. The van der Waals surface area contributed by atoms with Crippen LogP contribution in [0.3, 0.4) is 0 Å². The number of esters is 2. The van der Waals surface area contributed by atoms with Crippen molar-refractivity contribution >= 4 is 22.8 Å². The summed E-state index contributed by atoms with van der Waals surface area (Å²) in [5.41, 5.74) is 0.543. The molecule has 1 heterocycles. The van der Waals surface area contributed by atoms with Gasteiger partial charge in [0.1, 0.15) is 11.4 Å². The van der Waals surface area contributed by atoms with Gasteiger partial charge in [-0.05, 0) is 55.9 Å². The van der Waals surface area contributed by atoms with Crippen LogP contribution in [0, 0.1) is 5.82 Å². The van der Waals surface area contributed by atoms with Crippen LogP contribution in [0.25, 0.3) is 10.9 Å². The predicted molar refractivity (Wildman–Crippen MR) is 144 cm³/mol. The van der Waals surface area contributed by atoms with Crippen molar-refractivity contribution < 1.29 is 23.5 Å². The maximum atomic E-state index is 15.7. The number of benzene rings is 3. The lowest BCUT2D eigenvalue weighted by atomic mass is 9.93. The number of nitrogens with zero attached hydrogens (tertiary/aromatic N) is 1. The largest absolute Gasteiger partial charge is 0.462 e. The summed E-state index contributed by atoms with van der Waals surface area (Å²) in [7, 11) is 0. The average molecular weight is 526 g/mol. The SMILES string of the molecule is CCOC(=O)c1cn(C2CC2)c2cc(C3(C(=O)OC(c4ccccc4)c4ccccc4)CC3)c(F)cc2c1=O. The van der Waals surface area contributed by atoms with Crippen LogP contribution in [-0.2, 0) is 19.7 Å². The number of carbonyl (C=O) groups is 2. The lowest BCUT2D eigenvalue weighted by Gasteiger charge is -2.23. The van der Waals surface area contributed by atoms with Crippen molar-refractivity contribution in [3.8, 4) is 0 Å². The molecule has 0 radical (unpaired) electrons. The van der Waals surface area contributed by atoms with Crippen molar-refractivity contribution in [1.82, 2.24) is 4.57 Å². The number of halogens is 1. The van der Waals surface area contributed by atoms with E-state index in [9.17, 15) is 14.4 Å². The van der Waals surface area contributed by atoms with Crippen LogP contribution in [0.5, 0.6) is 0 Å². The van der Waals surface area contributed by atoms with Gasteiger partial charge in [-0.1, -0.05) is 60.7 Å². The third-order valence-electron chi connectivity index (χ3n) is 7.64. The molecule has 0 N–H and O–H groups in total. The molecule has 198 valence electrons. The highest BCUT2D eigenvalue weighted by atomic mass is 19.1. The Kier molecular flexibility index (Phi) is 6.29. The van der Waals surface area contributed by atoms with Crippen LogP contribution in [0.2, 0.25) is 0 Å². The van der Waals surface area contributed by atoms with E-state index in [-0.39, 0.29) is 29.2 Å². The highest BCUT2D eigenvalue weighted by Crippen LogP contribution is 2.52. The lowest BCUT2D eigenvalue weighted by molar-refractivity contribution is -0.150. The smallest absolute Gasteiger partial charge is 0.343 e. The second-order valence-corrected chi connectivity index (χ2v) is 10.3. The van der Waals surface area contributed by atoms with Crippen LogP contribution in [0.15, 0.2) is 83.8 Å². The summed E-state index contributed by atoms with van der Waals surface area (Å²) >= 11 is 0. The first-order valence-corrected chi connectivity index (χ1v) is 13.3. The minimum Gasteiger partial charge on any atom is -0.462 e. The topological polar surface area (TPSA) is 74.6 Å². The van der Waals surface area contributed by atoms with E-state index in [1.165, 1.54) is 6.20 Å². The molecule has 2 fully saturated rings. The lowest BCUT2D eigenvalue weighted by Crippen LogP contribution is -2.27. The number of rotatable bonds is 8. The third-order valence-corrected chi connectivity index (χ3v) is 7.64. The third kappa shape index (κ3) is 4.52. The zero-order chi connectivity index (χ0) is 27.1. The quantitative estimate of drug-likeness (QED) is 0.263. The maximum absolute atomic E-state index is 15.7. The molecule has 0 aliphatic heterocycles. The molecule has 0 amide bonds. The van der Waals surface area contributed by atoms with E-state index in [2.05, 4.69) is 0 Å². The molecule has 0 saturated heterocycles. The standard InChI is InChI=1S/C32H28FNO5/c1-2-38-30(36)24-19-34(22-13-14-22)27-18-25(26(33)17-23(27)28(24)35)32(15-16-32)31(37)39-29(20-9-5-3-6-10-20)21-11-7-4-8-12-21/h3-12,17-19,22,29H,2,13-16H2,1H3. The monoisotopic (exact) mass is 525 g/mol. The summed E-state index contributed by atoms with van der Waals surface area (Å²) in [4.78, 5) is 39.4. The van der Waals surface area contributed by atoms with Gasteiger partial charge in [0.05, 0.1) is 17.5 Å². The van der Waals surface area contributed by atoms with Crippen molar-refractivity contribution in [3.05, 3.63) is 117 Å². The van der Waals surface area contributed by atoms with E-state index >= 15 is 4.39 Å². The van der Waals surface area contributed by atoms with E-state index in [1.54, 1.807) is 13.0 Å². The Morgan fingerprint density at radius 1 is 1.00 bits per heavy atom. The fourth-order valence-electron chi connectivity index (χ4n) is 5.26. The van der Waals surface area contributed by atoms with Crippen molar-refractivity contribution in [2.75, 3.05) is 6.61 Å². The molecule has 0 bridgehead atoms. The van der Waals surface area contributed by atoms with Crippen molar-refractivity contribution in [2.24, 2.45) is 0 Å². The van der Waals surface area contributed by atoms with Crippen LogP contribution in [-0.4, -0.2) is 23.1 Å². The second-order valence-electron chi connectivity index (χ2n) is 10.3. The molecule has 39 heavy (non-hydrogen) atoms. The molecule has 2 aliphatic carbocycles. The van der Waals surface area contributed by atoms with Crippen molar-refractivity contribution in [3.63, 3.8) is 0 Å². The first-order chi connectivity index (χ1) is 18.9. The molecule has 0 atom stereocenters. The van der Waals surface area contributed by atoms with E-state index in [0.717, 1.165) is 30.0 Å². The minimum atomic E-state index is -1.13. The molecular formula is C32H28FNO5. The van der Waals surface area contributed by atoms with E-state index in [0.29, 0.717) is 18.4 Å². The maximum Gasteiger partial charge on any atom is 0.343 e. The first kappa shape index (κ1) is 25.0. The Balaban J connectivity index is 1.41. The summed E-state index contributed by atoms with van der Waals surface area (Å²) in [6.07, 6.45) is 3.53. The van der Waals surface area contributed by atoms with E-state index in [4.69, 9.17) is 9.47 Å². The minimum absolute atomic E-state index is 0.0993. The molecular weight excluding hydrogens is 497 g/mol. The summed E-state index contributed by atoms with van der Waals surface area (Å²) in [6.45, 7) is 1.79. The van der Waals surface area contributed by atoms with E-state index in [1.807, 2.05) is 65.2 Å². The van der Waals surface area contributed by atoms with Crippen LogP contribution >= 0.6 is 0 Å². The van der Waals surface area contributed by atoms with Gasteiger partial charge in [-0.3, -0.25) is 9.59 Å². The number of hydrogen-bond acceptors (Lipinski definition) is 5. The van der Waals surface area contributed by atoms with Gasteiger partial charge in [0.25, 0.3) is 0 Å². The molecule has 1 aromatic heterocycles. The summed E-state index contributed by atoms with van der Waals surface area (Å²) in [5, 5.41) is 0.101. The van der Waals surface area contributed by atoms with Gasteiger partial charge in [-0.15, -0.1) is 0 Å². The summed E-state index contributed by atoms with van der Waals surface area (Å²) < 4.78 is 28.8. The van der Waals surface area contributed by atoms with Crippen LogP contribution in [0.1, 0.15) is 71.8 Å². The van der Waals surface area contributed by atoms with Crippen LogP contribution < -0.4 is 5.43 Å². The second kappa shape index (κ2) is 9.80. The fourth-order valence-corrected chi connectivity index (χ4v) is 5.26. The Bertz CT molecular complexity index is 1580. The van der Waals surface area contributed by atoms with Gasteiger partial charge in [-0.2, -0.15) is 0 Å². The molecule has 7 heteroatoms. The number of carbonyl (C=O) groups excluding carboxylic acids is 2. The first-order valence-electron chi connectivity index (χ1n) is 13.3. The Morgan fingerprint density at radius 3 is 2.15 bits per heavy atom. The van der Waals surface area contributed by atoms with Gasteiger partial charge in [0.2, 0.25) is 5.43 Å². The summed E-state index contributed by atoms with van der Waals surface area (Å²) in [5.74, 6) is -1.88. The van der Waals surface area contributed by atoms with Crippen LogP contribution in [0.4, 0.5) is 4.39 Å². The molecule has 6 nitrogen and oxygen atoms in total. The number of aromatic nitrogens is 1. The number of pyridine rings is 1. The summed E-state index contributed by atoms with van der Waals surface area (Å²) in [6, 6.07) is 21.8. The average Bonchev–Trinajstić information content (AvgIpc) is 3.88. The fraction of sp³-hybridized carbons (Fsp3) is 0.281. The number of ether oxygens (including phenoxy) is 2. The van der Waals surface area contributed by atoms with Gasteiger partial charge in [-0.25, -0.2) is 9.18 Å². The van der Waals surface area contributed by atoms with Gasteiger partial charge in [0.15, 0.2) is 6.10 Å². The van der Waals surface area contributed by atoms with Crippen molar-refractivity contribution in [1.29, 1.82) is 0 Å². The Labute approximate surface area is 225 Å².